The lowest BCUT2D eigenvalue weighted by atomic mass is 9.73. The molecule has 2 fully saturated rings. The summed E-state index contributed by atoms with van der Waals surface area (Å²) in [6.07, 6.45) is -1.11. The summed E-state index contributed by atoms with van der Waals surface area (Å²) >= 11 is 12.6. The highest BCUT2D eigenvalue weighted by molar-refractivity contribution is 6.32. The van der Waals surface area contributed by atoms with Crippen molar-refractivity contribution >= 4 is 34.8 Å². The van der Waals surface area contributed by atoms with Crippen LogP contribution in [0.3, 0.4) is 0 Å². The highest BCUT2D eigenvalue weighted by Crippen LogP contribution is 2.40. The van der Waals surface area contributed by atoms with E-state index in [1.165, 1.54) is 0 Å². The third-order valence-corrected chi connectivity index (χ3v) is 7.36. The van der Waals surface area contributed by atoms with Crippen molar-refractivity contribution in [2.24, 2.45) is 11.5 Å². The Kier molecular flexibility index (Phi) is 6.47. The summed E-state index contributed by atoms with van der Waals surface area (Å²) in [7, 11) is 0. The number of nitrogens with two attached hydrogens (primary N) is 2. The fraction of sp³-hybridized carbons (Fsp3) is 0.417. The molecule has 0 aromatic heterocycles. The third-order valence-electron chi connectivity index (χ3n) is 6.70. The topological polar surface area (TPSA) is 116 Å². The van der Waals surface area contributed by atoms with Crippen LogP contribution in [0.1, 0.15) is 43.2 Å². The van der Waals surface area contributed by atoms with E-state index in [1.807, 2.05) is 0 Å². The highest BCUT2D eigenvalue weighted by Gasteiger charge is 2.51. The molecule has 1 unspecified atom stereocenters. The molecule has 0 amide bonds. The summed E-state index contributed by atoms with van der Waals surface area (Å²) in [6.45, 7) is 0. The van der Waals surface area contributed by atoms with Gasteiger partial charge in [0.1, 0.15) is 23.3 Å². The zero-order chi connectivity index (χ0) is 23.1. The van der Waals surface area contributed by atoms with Gasteiger partial charge in [-0.2, -0.15) is 0 Å². The molecule has 5 atom stereocenters. The molecule has 2 aliphatic rings. The molecule has 4 rings (SSSR count). The summed E-state index contributed by atoms with van der Waals surface area (Å²) in [5.74, 6) is -0.873. The number of aliphatic hydroxyl groups is 1. The van der Waals surface area contributed by atoms with Crippen molar-refractivity contribution in [2.75, 3.05) is 0 Å². The number of halogens is 2. The lowest BCUT2D eigenvalue weighted by Gasteiger charge is -2.42. The van der Waals surface area contributed by atoms with Crippen LogP contribution in [0.5, 0.6) is 0 Å². The van der Waals surface area contributed by atoms with Gasteiger partial charge in [-0.1, -0.05) is 59.6 Å². The molecule has 170 valence electrons. The number of carbonyl (C=O) groups excluding carboxylic acids is 2. The van der Waals surface area contributed by atoms with Gasteiger partial charge in [0, 0.05) is 10.0 Å². The quantitative estimate of drug-likeness (QED) is 0.623. The van der Waals surface area contributed by atoms with Crippen molar-refractivity contribution in [3.8, 4) is 0 Å². The summed E-state index contributed by atoms with van der Waals surface area (Å²) in [6, 6.07) is 13.8. The van der Waals surface area contributed by atoms with E-state index in [0.717, 1.165) is 0 Å². The van der Waals surface area contributed by atoms with Crippen molar-refractivity contribution < 1.29 is 19.4 Å². The second-order valence-electron chi connectivity index (χ2n) is 8.67. The number of rotatable bonds is 4. The first-order valence-electron chi connectivity index (χ1n) is 10.7. The number of benzene rings is 2. The van der Waals surface area contributed by atoms with E-state index in [9.17, 15) is 14.7 Å². The lowest BCUT2D eigenvalue weighted by molar-refractivity contribution is -0.165. The molecular formula is C24H26Cl2N2O4. The number of aliphatic hydroxyl groups excluding tert-OH is 1. The fourth-order valence-corrected chi connectivity index (χ4v) is 5.46. The minimum atomic E-state index is -1.48. The van der Waals surface area contributed by atoms with E-state index < -0.39 is 35.2 Å². The number of hydrogen-bond donors (Lipinski definition) is 3. The standard InChI is InChI=1S/C24H26Cl2N2O4/c25-16-8-3-1-6-14(16)23(27)12-5-10-19(21(23)30)32-18-11-13-24(28,22(31)20(18)29)15-7-2-4-9-17(15)26/h1-4,6-9,18-20,29H,5,10-13,27-28H2/t18?,19-,20-,23-,24-/m1/s1. The number of hydrogen-bond acceptors (Lipinski definition) is 6. The summed E-state index contributed by atoms with van der Waals surface area (Å²) in [5.41, 5.74) is 11.3. The largest absolute Gasteiger partial charge is 0.382 e. The first-order valence-corrected chi connectivity index (χ1v) is 11.4. The van der Waals surface area contributed by atoms with Crippen LogP contribution in [0.15, 0.2) is 48.5 Å². The Morgan fingerprint density at radius 2 is 1.38 bits per heavy atom. The Morgan fingerprint density at radius 1 is 0.844 bits per heavy atom. The maximum absolute atomic E-state index is 13.3. The van der Waals surface area contributed by atoms with Gasteiger partial charge in [0.2, 0.25) is 0 Å². The summed E-state index contributed by atoms with van der Waals surface area (Å²) in [4.78, 5) is 26.4. The van der Waals surface area contributed by atoms with Crippen LogP contribution in [0.25, 0.3) is 0 Å². The first kappa shape index (κ1) is 23.4. The van der Waals surface area contributed by atoms with Gasteiger partial charge in [-0.05, 0) is 55.4 Å². The SMILES string of the molecule is N[C@@]1(c2ccccc2Cl)CCC[C@@H](OC2CC[C@@](N)(c3ccccc3Cl)C(=O)[C@@H]2O)C1=O. The van der Waals surface area contributed by atoms with E-state index in [2.05, 4.69) is 0 Å². The molecule has 0 aliphatic heterocycles. The van der Waals surface area contributed by atoms with Crippen LogP contribution in [0, 0.1) is 0 Å². The van der Waals surface area contributed by atoms with E-state index in [-0.39, 0.29) is 12.2 Å². The molecule has 2 saturated carbocycles. The molecule has 0 bridgehead atoms. The fourth-order valence-electron chi connectivity index (χ4n) is 4.86. The second kappa shape index (κ2) is 8.86. The van der Waals surface area contributed by atoms with Gasteiger partial charge in [-0.3, -0.25) is 9.59 Å². The molecule has 0 heterocycles. The van der Waals surface area contributed by atoms with Crippen LogP contribution in [0.4, 0.5) is 0 Å². The maximum atomic E-state index is 13.3. The molecule has 8 heteroatoms. The van der Waals surface area contributed by atoms with Crippen molar-refractivity contribution in [1.82, 2.24) is 0 Å². The van der Waals surface area contributed by atoms with E-state index in [1.54, 1.807) is 48.5 Å². The lowest BCUT2D eigenvalue weighted by Crippen LogP contribution is -2.60. The zero-order valence-corrected chi connectivity index (χ0v) is 19.0. The van der Waals surface area contributed by atoms with Crippen LogP contribution >= 0.6 is 23.2 Å². The highest BCUT2D eigenvalue weighted by atomic mass is 35.5. The molecule has 2 aromatic rings. The average molecular weight is 477 g/mol. The molecule has 32 heavy (non-hydrogen) atoms. The number of Topliss-reactive ketones (excluding diaryl/α,β-unsaturated/α-hetero) is 2. The van der Waals surface area contributed by atoms with E-state index in [4.69, 9.17) is 39.4 Å². The number of ketones is 2. The summed E-state index contributed by atoms with van der Waals surface area (Å²) in [5, 5.41) is 11.6. The number of ether oxygens (including phenoxy) is 1. The molecule has 2 aliphatic carbocycles. The van der Waals surface area contributed by atoms with Crippen molar-refractivity contribution in [3.63, 3.8) is 0 Å². The first-order chi connectivity index (χ1) is 15.2. The van der Waals surface area contributed by atoms with Crippen LogP contribution in [-0.2, 0) is 25.4 Å². The molecule has 0 radical (unpaired) electrons. The Morgan fingerprint density at radius 3 is 1.94 bits per heavy atom. The van der Waals surface area contributed by atoms with E-state index in [0.29, 0.717) is 46.9 Å². The van der Waals surface area contributed by atoms with Crippen molar-refractivity contribution in [2.45, 2.75) is 61.5 Å². The Bertz CT molecular complexity index is 1050. The van der Waals surface area contributed by atoms with Crippen molar-refractivity contribution in [3.05, 3.63) is 69.7 Å². The predicted octanol–water partition coefficient (Wildman–Crippen LogP) is 3.23. The van der Waals surface area contributed by atoms with Gasteiger partial charge in [0.15, 0.2) is 11.6 Å². The van der Waals surface area contributed by atoms with Gasteiger partial charge in [-0.15, -0.1) is 0 Å². The van der Waals surface area contributed by atoms with Gasteiger partial charge in [-0.25, -0.2) is 0 Å². The second-order valence-corrected chi connectivity index (χ2v) is 9.48. The monoisotopic (exact) mass is 476 g/mol. The molecule has 5 N–H and O–H groups in total. The smallest absolute Gasteiger partial charge is 0.188 e. The Balaban J connectivity index is 1.53. The molecule has 2 aromatic carbocycles. The summed E-state index contributed by atoms with van der Waals surface area (Å²) < 4.78 is 6.01. The van der Waals surface area contributed by atoms with Gasteiger partial charge in [0.25, 0.3) is 0 Å². The normalized spacial score (nSPS) is 33.3. The zero-order valence-electron chi connectivity index (χ0n) is 17.5. The van der Waals surface area contributed by atoms with Crippen molar-refractivity contribution in [1.29, 1.82) is 0 Å². The Hall–Kier alpha value is -1.80. The molecule has 0 spiro atoms. The van der Waals surface area contributed by atoms with Crippen LogP contribution in [-0.4, -0.2) is 35.0 Å². The molecular weight excluding hydrogens is 451 g/mol. The number of carbonyl (C=O) groups is 2. The van der Waals surface area contributed by atoms with Gasteiger partial charge < -0.3 is 21.3 Å². The van der Waals surface area contributed by atoms with Gasteiger partial charge >= 0.3 is 0 Å². The Labute approximate surface area is 196 Å². The third kappa shape index (κ3) is 3.89. The predicted molar refractivity (Wildman–Crippen MR) is 122 cm³/mol. The molecule has 0 saturated heterocycles. The molecule has 6 nitrogen and oxygen atoms in total. The van der Waals surface area contributed by atoms with Crippen LogP contribution in [0.2, 0.25) is 10.0 Å². The van der Waals surface area contributed by atoms with Crippen LogP contribution < -0.4 is 11.5 Å². The van der Waals surface area contributed by atoms with Gasteiger partial charge in [0.05, 0.1) is 6.10 Å². The minimum absolute atomic E-state index is 0.233. The van der Waals surface area contributed by atoms with E-state index >= 15 is 0 Å². The maximum Gasteiger partial charge on any atom is 0.188 e. The minimum Gasteiger partial charge on any atom is -0.382 e. The average Bonchev–Trinajstić information content (AvgIpc) is 2.78.